The first-order valence-electron chi connectivity index (χ1n) is 14.2. The first-order valence-corrected chi connectivity index (χ1v) is 14.2. The van der Waals surface area contributed by atoms with Crippen molar-refractivity contribution in [2.45, 2.75) is 90.9 Å². The van der Waals surface area contributed by atoms with Crippen LogP contribution in [0, 0.1) is 23.7 Å². The molecule has 0 aromatic heterocycles. The average Bonchev–Trinajstić information content (AvgIpc) is 2.89. The van der Waals surface area contributed by atoms with Crippen LogP contribution >= 0.6 is 0 Å². The summed E-state index contributed by atoms with van der Waals surface area (Å²) < 4.78 is 5.54. The lowest BCUT2D eigenvalue weighted by molar-refractivity contribution is 0.0734. The summed E-state index contributed by atoms with van der Waals surface area (Å²) >= 11 is 0. The van der Waals surface area contributed by atoms with E-state index in [9.17, 15) is 4.79 Å². The fourth-order valence-electron chi connectivity index (χ4n) is 5.91. The van der Waals surface area contributed by atoms with Crippen molar-refractivity contribution in [3.05, 3.63) is 71.3 Å². The highest BCUT2D eigenvalue weighted by atomic mass is 16.5. The minimum Gasteiger partial charge on any atom is -0.423 e. The van der Waals surface area contributed by atoms with E-state index in [2.05, 4.69) is 26.0 Å². The average molecular weight is 473 g/mol. The van der Waals surface area contributed by atoms with Crippen LogP contribution in [0.5, 0.6) is 5.75 Å². The van der Waals surface area contributed by atoms with Crippen LogP contribution in [-0.4, -0.2) is 5.97 Å². The largest absolute Gasteiger partial charge is 0.423 e. The number of benzene rings is 2. The lowest BCUT2D eigenvalue weighted by atomic mass is 9.76. The van der Waals surface area contributed by atoms with Gasteiger partial charge in [-0.15, -0.1) is 0 Å². The molecule has 2 aromatic rings. The lowest BCUT2D eigenvalue weighted by Crippen LogP contribution is -2.16. The van der Waals surface area contributed by atoms with Crippen LogP contribution in [-0.2, 0) is 6.42 Å². The van der Waals surface area contributed by atoms with Crippen molar-refractivity contribution in [1.29, 1.82) is 0 Å². The van der Waals surface area contributed by atoms with E-state index < -0.39 is 0 Å². The normalized spacial score (nSPS) is 25.0. The standard InChI is InChI=1S/C33H44O2/c1-3-4-26-19-23-32(24-20-26)35-33(34)31-21-17-30(18-22-31)16-15-29-13-11-28(12-14-29)10-9-27-7-5-25(2)6-8-27/h15-25,27-29H,3-14H2,1-2H3/b16-15+. The predicted molar refractivity (Wildman–Crippen MR) is 147 cm³/mol. The molecule has 2 saturated carbocycles. The van der Waals surface area contributed by atoms with Gasteiger partial charge in [-0.2, -0.15) is 0 Å². The molecule has 2 aliphatic rings. The highest BCUT2D eigenvalue weighted by Crippen LogP contribution is 2.36. The number of hydrogen-bond acceptors (Lipinski definition) is 2. The maximum absolute atomic E-state index is 12.5. The van der Waals surface area contributed by atoms with Crippen molar-refractivity contribution in [2.75, 3.05) is 0 Å². The second-order valence-corrected chi connectivity index (χ2v) is 11.2. The maximum Gasteiger partial charge on any atom is 0.343 e. The smallest absolute Gasteiger partial charge is 0.343 e. The summed E-state index contributed by atoms with van der Waals surface area (Å²) in [6.07, 6.45) is 21.0. The van der Waals surface area contributed by atoms with Crippen molar-refractivity contribution < 1.29 is 9.53 Å². The predicted octanol–water partition coefficient (Wildman–Crippen LogP) is 9.28. The van der Waals surface area contributed by atoms with Crippen molar-refractivity contribution in [2.24, 2.45) is 23.7 Å². The molecule has 0 N–H and O–H groups in total. The Kier molecular flexibility index (Phi) is 9.63. The van der Waals surface area contributed by atoms with Gasteiger partial charge in [0.2, 0.25) is 0 Å². The van der Waals surface area contributed by atoms with E-state index in [0.29, 0.717) is 17.2 Å². The molecule has 2 fully saturated rings. The maximum atomic E-state index is 12.5. The molecule has 0 bridgehead atoms. The first-order chi connectivity index (χ1) is 17.1. The quantitative estimate of drug-likeness (QED) is 0.268. The third-order valence-electron chi connectivity index (χ3n) is 8.39. The van der Waals surface area contributed by atoms with Gasteiger partial charge in [0.05, 0.1) is 5.56 Å². The van der Waals surface area contributed by atoms with Gasteiger partial charge < -0.3 is 4.74 Å². The molecular formula is C33H44O2. The number of esters is 1. The molecule has 0 atom stereocenters. The molecule has 2 heteroatoms. The summed E-state index contributed by atoms with van der Waals surface area (Å²) in [6.45, 7) is 4.58. The number of allylic oxidation sites excluding steroid dienone is 1. The highest BCUT2D eigenvalue weighted by Gasteiger charge is 2.23. The summed E-state index contributed by atoms with van der Waals surface area (Å²) in [4.78, 5) is 12.5. The van der Waals surface area contributed by atoms with E-state index in [4.69, 9.17) is 4.74 Å². The summed E-state index contributed by atoms with van der Waals surface area (Å²) in [6, 6.07) is 15.6. The highest BCUT2D eigenvalue weighted by molar-refractivity contribution is 5.91. The Balaban J connectivity index is 1.18. The van der Waals surface area contributed by atoms with Gasteiger partial charge in [-0.1, -0.05) is 95.2 Å². The van der Waals surface area contributed by atoms with Crippen LogP contribution in [0.3, 0.4) is 0 Å². The molecule has 188 valence electrons. The second-order valence-electron chi connectivity index (χ2n) is 11.2. The topological polar surface area (TPSA) is 26.3 Å². The van der Waals surface area contributed by atoms with Crippen molar-refractivity contribution in [3.8, 4) is 5.75 Å². The van der Waals surface area contributed by atoms with Gasteiger partial charge in [0.15, 0.2) is 0 Å². The Hall–Kier alpha value is -2.35. The van der Waals surface area contributed by atoms with Crippen LogP contribution in [0.4, 0.5) is 0 Å². The van der Waals surface area contributed by atoms with Crippen LogP contribution in [0.2, 0.25) is 0 Å². The molecule has 0 amide bonds. The zero-order valence-electron chi connectivity index (χ0n) is 21.9. The minimum absolute atomic E-state index is 0.301. The lowest BCUT2D eigenvalue weighted by Gasteiger charge is -2.30. The van der Waals surface area contributed by atoms with Gasteiger partial charge in [0, 0.05) is 0 Å². The van der Waals surface area contributed by atoms with Crippen LogP contribution < -0.4 is 4.74 Å². The minimum atomic E-state index is -0.301. The van der Waals surface area contributed by atoms with Crippen LogP contribution in [0.1, 0.15) is 106 Å². The van der Waals surface area contributed by atoms with Crippen LogP contribution in [0.25, 0.3) is 6.08 Å². The van der Waals surface area contributed by atoms with Gasteiger partial charge in [0.1, 0.15) is 5.75 Å². The van der Waals surface area contributed by atoms with Gasteiger partial charge in [-0.3, -0.25) is 0 Å². The zero-order valence-corrected chi connectivity index (χ0v) is 21.9. The first kappa shape index (κ1) is 25.7. The molecule has 2 aliphatic carbocycles. The van der Waals surface area contributed by atoms with Gasteiger partial charge in [-0.25, -0.2) is 4.79 Å². The fraction of sp³-hybridized carbons (Fsp3) is 0.545. The number of carbonyl (C=O) groups excluding carboxylic acids is 1. The Morgan fingerprint density at radius 2 is 1.43 bits per heavy atom. The molecule has 0 radical (unpaired) electrons. The summed E-state index contributed by atoms with van der Waals surface area (Å²) in [5.41, 5.74) is 3.01. The Morgan fingerprint density at radius 3 is 2.03 bits per heavy atom. The number of aryl methyl sites for hydroxylation is 1. The van der Waals surface area contributed by atoms with Crippen LogP contribution in [0.15, 0.2) is 54.6 Å². The monoisotopic (exact) mass is 472 g/mol. The van der Waals surface area contributed by atoms with E-state index in [-0.39, 0.29) is 5.97 Å². The van der Waals surface area contributed by atoms with E-state index in [1.807, 2.05) is 48.5 Å². The third kappa shape index (κ3) is 8.09. The molecule has 35 heavy (non-hydrogen) atoms. The number of rotatable bonds is 9. The molecule has 0 aliphatic heterocycles. The van der Waals surface area contributed by atoms with Crippen molar-refractivity contribution >= 4 is 12.0 Å². The number of ether oxygens (including phenoxy) is 1. The fourth-order valence-corrected chi connectivity index (χ4v) is 5.91. The van der Waals surface area contributed by atoms with Crippen molar-refractivity contribution in [3.63, 3.8) is 0 Å². The number of carbonyl (C=O) groups is 1. The third-order valence-corrected chi connectivity index (χ3v) is 8.39. The number of hydrogen-bond donors (Lipinski definition) is 0. The summed E-state index contributed by atoms with van der Waals surface area (Å²) in [5.74, 6) is 3.92. The molecule has 4 rings (SSSR count). The summed E-state index contributed by atoms with van der Waals surface area (Å²) in [7, 11) is 0. The second kappa shape index (κ2) is 13.1. The molecule has 2 nitrogen and oxygen atoms in total. The SMILES string of the molecule is CCCc1ccc(OC(=O)c2ccc(/C=C/C3CCC(CCC4CCC(C)CC4)CC3)cc2)cc1. The molecular weight excluding hydrogens is 428 g/mol. The van der Waals surface area contributed by atoms with E-state index in [1.165, 1.54) is 69.8 Å². The van der Waals surface area contributed by atoms with Gasteiger partial charge >= 0.3 is 5.97 Å². The Morgan fingerprint density at radius 1 is 0.829 bits per heavy atom. The van der Waals surface area contributed by atoms with E-state index in [1.54, 1.807) is 0 Å². The Labute approximate surface area is 213 Å². The molecule has 0 spiro atoms. The molecule has 0 unspecified atom stereocenters. The molecule has 0 saturated heterocycles. The van der Waals surface area contributed by atoms with Gasteiger partial charge in [-0.05, 0) is 91.2 Å². The molecule has 0 heterocycles. The van der Waals surface area contributed by atoms with Gasteiger partial charge in [0.25, 0.3) is 0 Å². The van der Waals surface area contributed by atoms with E-state index in [0.717, 1.165) is 36.2 Å². The zero-order chi connectivity index (χ0) is 24.5. The van der Waals surface area contributed by atoms with Crippen molar-refractivity contribution in [1.82, 2.24) is 0 Å². The summed E-state index contributed by atoms with van der Waals surface area (Å²) in [5, 5.41) is 0. The molecule has 2 aromatic carbocycles. The van der Waals surface area contributed by atoms with E-state index >= 15 is 0 Å². The Bertz CT molecular complexity index is 924.